The summed E-state index contributed by atoms with van der Waals surface area (Å²) in [4.78, 5) is 11.0. The smallest absolute Gasteiger partial charge is 0.422 e. The molecule has 0 N–H and O–H groups in total. The van der Waals surface area contributed by atoms with Gasteiger partial charge in [-0.05, 0) is 6.92 Å². The molecule has 0 spiro atoms. The SMILES string of the molecule is CC(I)(CI)C(=O)OCC(F)(F)F. The molecule has 0 aromatic heterocycles. The van der Waals surface area contributed by atoms with Crippen molar-refractivity contribution in [2.24, 2.45) is 0 Å². The maximum absolute atomic E-state index is 11.6. The number of hydrogen-bond donors (Lipinski definition) is 0. The van der Waals surface area contributed by atoms with Crippen LogP contribution < -0.4 is 0 Å². The molecule has 0 aliphatic rings. The van der Waals surface area contributed by atoms with E-state index in [0.717, 1.165) is 0 Å². The molecule has 0 aromatic rings. The van der Waals surface area contributed by atoms with Gasteiger partial charge in [0, 0.05) is 4.43 Å². The Kier molecular flexibility index (Phi) is 5.26. The minimum atomic E-state index is -4.45. The fraction of sp³-hybridized carbons (Fsp3) is 0.833. The highest BCUT2D eigenvalue weighted by Crippen LogP contribution is 2.24. The van der Waals surface area contributed by atoms with Crippen LogP contribution in [0, 0.1) is 0 Å². The van der Waals surface area contributed by atoms with Crippen LogP contribution in [-0.2, 0) is 9.53 Å². The van der Waals surface area contributed by atoms with Crippen molar-refractivity contribution in [3.05, 3.63) is 0 Å². The fourth-order valence-corrected chi connectivity index (χ4v) is 0.820. The van der Waals surface area contributed by atoms with Gasteiger partial charge in [-0.2, -0.15) is 13.2 Å². The van der Waals surface area contributed by atoms with Gasteiger partial charge in [-0.3, -0.25) is 4.79 Å². The summed E-state index contributed by atoms with van der Waals surface area (Å²) in [5.41, 5.74) is 0. The molecule has 0 rings (SSSR count). The molecule has 0 radical (unpaired) electrons. The third kappa shape index (κ3) is 5.92. The average molecular weight is 422 g/mol. The van der Waals surface area contributed by atoms with Gasteiger partial charge in [0.1, 0.15) is 3.42 Å². The highest BCUT2D eigenvalue weighted by Gasteiger charge is 2.35. The van der Waals surface area contributed by atoms with E-state index in [4.69, 9.17) is 0 Å². The van der Waals surface area contributed by atoms with E-state index >= 15 is 0 Å². The van der Waals surface area contributed by atoms with Gasteiger partial charge >= 0.3 is 12.1 Å². The van der Waals surface area contributed by atoms with Crippen LogP contribution in [0.3, 0.4) is 0 Å². The van der Waals surface area contributed by atoms with Crippen LogP contribution in [0.2, 0.25) is 0 Å². The van der Waals surface area contributed by atoms with Crippen LogP contribution in [0.4, 0.5) is 13.2 Å². The van der Waals surface area contributed by atoms with Gasteiger partial charge in [0.05, 0.1) is 0 Å². The number of ether oxygens (including phenoxy) is 1. The number of halogens is 5. The zero-order valence-electron chi connectivity index (χ0n) is 6.62. The Morgan fingerprint density at radius 3 is 2.23 bits per heavy atom. The molecule has 0 bridgehead atoms. The van der Waals surface area contributed by atoms with Gasteiger partial charge in [-0.15, -0.1) is 0 Å². The van der Waals surface area contributed by atoms with Crippen molar-refractivity contribution >= 4 is 51.2 Å². The predicted octanol–water partition coefficient (Wildman–Crippen LogP) is 2.72. The van der Waals surface area contributed by atoms with E-state index < -0.39 is 22.2 Å². The van der Waals surface area contributed by atoms with E-state index in [0.29, 0.717) is 4.43 Å². The quantitative estimate of drug-likeness (QED) is 0.398. The lowest BCUT2D eigenvalue weighted by atomic mass is 10.2. The first-order valence-electron chi connectivity index (χ1n) is 3.18. The lowest BCUT2D eigenvalue weighted by molar-refractivity contribution is -0.186. The largest absolute Gasteiger partial charge is 0.455 e. The molecule has 0 saturated heterocycles. The second-order valence-electron chi connectivity index (χ2n) is 2.52. The van der Waals surface area contributed by atoms with Gasteiger partial charge in [-0.1, -0.05) is 45.2 Å². The Bertz CT molecular complexity index is 191. The first kappa shape index (κ1) is 13.7. The van der Waals surface area contributed by atoms with E-state index in [2.05, 4.69) is 4.74 Å². The topological polar surface area (TPSA) is 26.3 Å². The van der Waals surface area contributed by atoms with Crippen LogP contribution in [-0.4, -0.2) is 26.6 Å². The summed E-state index contributed by atoms with van der Waals surface area (Å²) in [5.74, 6) is -0.833. The van der Waals surface area contributed by atoms with Crippen LogP contribution in [0.1, 0.15) is 6.92 Å². The maximum Gasteiger partial charge on any atom is 0.422 e. The number of carbonyl (C=O) groups is 1. The minimum absolute atomic E-state index is 0.405. The Morgan fingerprint density at radius 2 is 1.92 bits per heavy atom. The molecule has 0 heterocycles. The summed E-state index contributed by atoms with van der Waals surface area (Å²) in [5, 5.41) is 0. The molecular formula is C6H7F3I2O2. The van der Waals surface area contributed by atoms with Gasteiger partial charge < -0.3 is 4.74 Å². The van der Waals surface area contributed by atoms with E-state index in [-0.39, 0.29) is 0 Å². The number of esters is 1. The lowest BCUT2D eigenvalue weighted by Crippen LogP contribution is -2.34. The molecule has 7 heteroatoms. The van der Waals surface area contributed by atoms with Gasteiger partial charge in [-0.25, -0.2) is 0 Å². The predicted molar refractivity (Wildman–Crippen MR) is 58.3 cm³/mol. The molecule has 0 saturated carbocycles. The van der Waals surface area contributed by atoms with Crippen molar-refractivity contribution < 1.29 is 22.7 Å². The number of alkyl halides is 5. The molecule has 0 amide bonds. The van der Waals surface area contributed by atoms with Crippen molar-refractivity contribution in [2.45, 2.75) is 16.5 Å². The number of rotatable bonds is 3. The van der Waals surface area contributed by atoms with E-state index in [1.54, 1.807) is 22.6 Å². The molecule has 0 aliphatic carbocycles. The molecule has 0 aliphatic heterocycles. The van der Waals surface area contributed by atoms with Crippen LogP contribution >= 0.6 is 45.2 Å². The molecule has 1 unspecified atom stereocenters. The molecule has 78 valence electrons. The van der Waals surface area contributed by atoms with Crippen LogP contribution in [0.5, 0.6) is 0 Å². The third-order valence-corrected chi connectivity index (χ3v) is 4.85. The van der Waals surface area contributed by atoms with Crippen molar-refractivity contribution in [3.8, 4) is 0 Å². The van der Waals surface area contributed by atoms with Gasteiger partial charge in [0.15, 0.2) is 6.61 Å². The summed E-state index contributed by atoms with van der Waals surface area (Å²) in [7, 11) is 0. The van der Waals surface area contributed by atoms with E-state index in [9.17, 15) is 18.0 Å². The normalized spacial score (nSPS) is 16.5. The first-order valence-corrected chi connectivity index (χ1v) is 5.78. The lowest BCUT2D eigenvalue weighted by Gasteiger charge is -2.18. The third-order valence-electron chi connectivity index (χ3n) is 1.04. The number of hydrogen-bond acceptors (Lipinski definition) is 2. The molecular weight excluding hydrogens is 415 g/mol. The standard InChI is InChI=1S/C6H7F3I2O2/c1-5(11,2-10)4(12)13-3-6(7,8)9/h2-3H2,1H3. The summed E-state index contributed by atoms with van der Waals surface area (Å²) in [6.45, 7) is 0.0137. The molecule has 1 atom stereocenters. The van der Waals surface area contributed by atoms with Gasteiger partial charge in [0.2, 0.25) is 0 Å². The first-order chi connectivity index (χ1) is 5.69. The zero-order valence-corrected chi connectivity index (χ0v) is 10.9. The van der Waals surface area contributed by atoms with E-state index in [1.165, 1.54) is 6.92 Å². The zero-order chi connectivity index (χ0) is 10.7. The van der Waals surface area contributed by atoms with Crippen molar-refractivity contribution in [3.63, 3.8) is 0 Å². The highest BCUT2D eigenvalue weighted by atomic mass is 127. The molecule has 0 aromatic carbocycles. The maximum atomic E-state index is 11.6. The summed E-state index contributed by atoms with van der Waals surface area (Å²) in [6.07, 6.45) is -4.45. The Labute approximate surface area is 101 Å². The van der Waals surface area contributed by atoms with Crippen molar-refractivity contribution in [1.82, 2.24) is 0 Å². The van der Waals surface area contributed by atoms with Crippen molar-refractivity contribution in [2.75, 3.05) is 11.0 Å². The molecule has 13 heavy (non-hydrogen) atoms. The minimum Gasteiger partial charge on any atom is -0.455 e. The summed E-state index contributed by atoms with van der Waals surface area (Å²) >= 11 is 3.68. The summed E-state index contributed by atoms with van der Waals surface area (Å²) in [6, 6.07) is 0. The average Bonchev–Trinajstić information content (AvgIpc) is 1.98. The van der Waals surface area contributed by atoms with Crippen molar-refractivity contribution in [1.29, 1.82) is 0 Å². The number of carbonyl (C=O) groups excluding carboxylic acids is 1. The van der Waals surface area contributed by atoms with Gasteiger partial charge in [0.25, 0.3) is 0 Å². The summed E-state index contributed by atoms with van der Waals surface area (Å²) < 4.78 is 38.5. The van der Waals surface area contributed by atoms with Crippen LogP contribution in [0.25, 0.3) is 0 Å². The molecule has 2 nitrogen and oxygen atoms in total. The molecule has 0 fully saturated rings. The van der Waals surface area contributed by atoms with E-state index in [1.807, 2.05) is 22.6 Å². The monoisotopic (exact) mass is 422 g/mol. The second kappa shape index (κ2) is 4.99. The highest BCUT2D eigenvalue weighted by molar-refractivity contribution is 14.1. The van der Waals surface area contributed by atoms with Crippen LogP contribution in [0.15, 0.2) is 0 Å². The Morgan fingerprint density at radius 1 is 1.46 bits per heavy atom. The Balaban J connectivity index is 4.03. The fourth-order valence-electron chi connectivity index (χ4n) is 0.352. The Hall–Kier alpha value is 0.720. The second-order valence-corrected chi connectivity index (χ2v) is 5.67.